The SMILES string of the molecule is CC(=O)CC1CCCN1C(=O)C1CCCO1. The van der Waals surface area contributed by atoms with Crippen molar-refractivity contribution in [3.63, 3.8) is 0 Å². The van der Waals surface area contributed by atoms with Gasteiger partial charge < -0.3 is 9.64 Å². The van der Waals surface area contributed by atoms with Gasteiger partial charge >= 0.3 is 0 Å². The lowest BCUT2D eigenvalue weighted by Crippen LogP contribution is -2.42. The third-order valence-corrected chi connectivity index (χ3v) is 3.39. The maximum absolute atomic E-state index is 12.1. The zero-order chi connectivity index (χ0) is 11.5. The molecule has 90 valence electrons. The summed E-state index contributed by atoms with van der Waals surface area (Å²) in [5.74, 6) is 0.262. The van der Waals surface area contributed by atoms with Crippen molar-refractivity contribution < 1.29 is 14.3 Å². The molecule has 2 rings (SSSR count). The van der Waals surface area contributed by atoms with Gasteiger partial charge in [-0.1, -0.05) is 0 Å². The van der Waals surface area contributed by atoms with Crippen molar-refractivity contribution in [3.8, 4) is 0 Å². The van der Waals surface area contributed by atoms with E-state index < -0.39 is 0 Å². The van der Waals surface area contributed by atoms with Crippen LogP contribution in [0, 0.1) is 0 Å². The maximum atomic E-state index is 12.1. The average Bonchev–Trinajstić information content (AvgIpc) is 2.84. The minimum absolute atomic E-state index is 0.0984. The van der Waals surface area contributed by atoms with Crippen molar-refractivity contribution in [2.75, 3.05) is 13.2 Å². The first-order valence-corrected chi connectivity index (χ1v) is 6.10. The minimum atomic E-state index is -0.243. The molecule has 0 saturated carbocycles. The van der Waals surface area contributed by atoms with E-state index in [1.54, 1.807) is 6.92 Å². The number of hydrogen-bond acceptors (Lipinski definition) is 3. The highest BCUT2D eigenvalue weighted by Crippen LogP contribution is 2.24. The highest BCUT2D eigenvalue weighted by Gasteiger charge is 2.35. The largest absolute Gasteiger partial charge is 0.368 e. The Labute approximate surface area is 95.9 Å². The Balaban J connectivity index is 1.95. The number of ether oxygens (including phenoxy) is 1. The highest BCUT2D eigenvalue weighted by atomic mass is 16.5. The van der Waals surface area contributed by atoms with E-state index >= 15 is 0 Å². The smallest absolute Gasteiger partial charge is 0.251 e. The third-order valence-electron chi connectivity index (χ3n) is 3.39. The second-order valence-electron chi connectivity index (χ2n) is 4.74. The van der Waals surface area contributed by atoms with Crippen LogP contribution >= 0.6 is 0 Å². The van der Waals surface area contributed by atoms with E-state index in [2.05, 4.69) is 0 Å². The van der Waals surface area contributed by atoms with Gasteiger partial charge in [-0.2, -0.15) is 0 Å². The van der Waals surface area contributed by atoms with Crippen LogP contribution in [-0.2, 0) is 14.3 Å². The number of carbonyl (C=O) groups excluding carboxylic acids is 2. The predicted molar refractivity (Wildman–Crippen MR) is 59.0 cm³/mol. The van der Waals surface area contributed by atoms with Crippen molar-refractivity contribution in [3.05, 3.63) is 0 Å². The van der Waals surface area contributed by atoms with Crippen LogP contribution in [0.3, 0.4) is 0 Å². The molecule has 2 aliphatic rings. The van der Waals surface area contributed by atoms with E-state index in [-0.39, 0.29) is 23.8 Å². The molecule has 4 nitrogen and oxygen atoms in total. The first-order valence-electron chi connectivity index (χ1n) is 6.10. The van der Waals surface area contributed by atoms with Gasteiger partial charge in [-0.15, -0.1) is 0 Å². The Kier molecular flexibility index (Phi) is 3.59. The van der Waals surface area contributed by atoms with E-state index in [0.29, 0.717) is 13.0 Å². The topological polar surface area (TPSA) is 46.6 Å². The predicted octanol–water partition coefficient (Wildman–Crippen LogP) is 1.14. The van der Waals surface area contributed by atoms with Crippen LogP contribution in [0.4, 0.5) is 0 Å². The normalized spacial score (nSPS) is 29.7. The van der Waals surface area contributed by atoms with Crippen LogP contribution in [0.2, 0.25) is 0 Å². The molecule has 2 heterocycles. The van der Waals surface area contributed by atoms with Crippen molar-refractivity contribution in [1.82, 2.24) is 4.90 Å². The van der Waals surface area contributed by atoms with Crippen LogP contribution in [0.25, 0.3) is 0 Å². The standard InChI is InChI=1S/C12H19NO3/c1-9(14)8-10-4-2-6-13(10)12(15)11-5-3-7-16-11/h10-11H,2-8H2,1H3. The first-order chi connectivity index (χ1) is 7.68. The summed E-state index contributed by atoms with van der Waals surface area (Å²) in [6, 6.07) is 0.120. The molecule has 4 heteroatoms. The van der Waals surface area contributed by atoms with Crippen LogP contribution in [0.5, 0.6) is 0 Å². The van der Waals surface area contributed by atoms with Gasteiger partial charge in [0.1, 0.15) is 11.9 Å². The first kappa shape index (κ1) is 11.6. The van der Waals surface area contributed by atoms with Crippen molar-refractivity contribution in [2.24, 2.45) is 0 Å². The molecule has 16 heavy (non-hydrogen) atoms. The van der Waals surface area contributed by atoms with Crippen molar-refractivity contribution in [1.29, 1.82) is 0 Å². The lowest BCUT2D eigenvalue weighted by molar-refractivity contribution is -0.142. The zero-order valence-electron chi connectivity index (χ0n) is 9.78. The number of amides is 1. The molecule has 2 saturated heterocycles. The number of carbonyl (C=O) groups is 2. The fourth-order valence-corrected chi connectivity index (χ4v) is 2.63. The molecule has 1 amide bonds. The fourth-order valence-electron chi connectivity index (χ4n) is 2.63. The Hall–Kier alpha value is -0.900. The molecule has 0 bridgehead atoms. The Bertz CT molecular complexity index is 284. The van der Waals surface area contributed by atoms with Gasteiger partial charge in [-0.05, 0) is 32.6 Å². The van der Waals surface area contributed by atoms with E-state index in [1.165, 1.54) is 0 Å². The Morgan fingerprint density at radius 1 is 1.31 bits per heavy atom. The van der Waals surface area contributed by atoms with Gasteiger partial charge in [0, 0.05) is 25.6 Å². The maximum Gasteiger partial charge on any atom is 0.251 e. The number of nitrogens with zero attached hydrogens (tertiary/aromatic N) is 1. The summed E-state index contributed by atoms with van der Waals surface area (Å²) < 4.78 is 5.40. The van der Waals surface area contributed by atoms with Gasteiger partial charge in [-0.3, -0.25) is 9.59 Å². The van der Waals surface area contributed by atoms with Crippen LogP contribution in [0.1, 0.15) is 39.0 Å². The lowest BCUT2D eigenvalue weighted by Gasteiger charge is -2.26. The number of ketones is 1. The lowest BCUT2D eigenvalue weighted by atomic mass is 10.1. The molecular formula is C12H19NO3. The van der Waals surface area contributed by atoms with E-state index in [1.807, 2.05) is 4.90 Å². The van der Waals surface area contributed by atoms with Gasteiger partial charge in [-0.25, -0.2) is 0 Å². The Morgan fingerprint density at radius 2 is 2.12 bits per heavy atom. The minimum Gasteiger partial charge on any atom is -0.368 e. The number of hydrogen-bond donors (Lipinski definition) is 0. The van der Waals surface area contributed by atoms with Crippen LogP contribution in [0.15, 0.2) is 0 Å². The van der Waals surface area contributed by atoms with E-state index in [0.717, 1.165) is 32.2 Å². The molecule has 2 aliphatic heterocycles. The van der Waals surface area contributed by atoms with E-state index in [4.69, 9.17) is 4.74 Å². The summed E-state index contributed by atoms with van der Waals surface area (Å²) in [4.78, 5) is 25.1. The van der Waals surface area contributed by atoms with Gasteiger partial charge in [0.05, 0.1) is 0 Å². The summed E-state index contributed by atoms with van der Waals surface area (Å²) >= 11 is 0. The van der Waals surface area contributed by atoms with Gasteiger partial charge in [0.25, 0.3) is 5.91 Å². The van der Waals surface area contributed by atoms with E-state index in [9.17, 15) is 9.59 Å². The monoisotopic (exact) mass is 225 g/mol. The number of likely N-dealkylation sites (tertiary alicyclic amines) is 1. The molecule has 0 radical (unpaired) electrons. The Morgan fingerprint density at radius 3 is 2.75 bits per heavy atom. The number of rotatable bonds is 3. The van der Waals surface area contributed by atoms with Crippen molar-refractivity contribution >= 4 is 11.7 Å². The molecule has 2 unspecified atom stereocenters. The summed E-state index contributed by atoms with van der Waals surface area (Å²) in [7, 11) is 0. The summed E-state index contributed by atoms with van der Waals surface area (Å²) in [5, 5.41) is 0. The van der Waals surface area contributed by atoms with Gasteiger partial charge in [0.15, 0.2) is 0 Å². The molecule has 0 N–H and O–H groups in total. The highest BCUT2D eigenvalue weighted by molar-refractivity contribution is 5.83. The summed E-state index contributed by atoms with van der Waals surface area (Å²) in [6.45, 7) is 3.07. The molecule has 0 aromatic heterocycles. The third kappa shape index (κ3) is 2.43. The quantitative estimate of drug-likeness (QED) is 0.723. The van der Waals surface area contributed by atoms with Crippen LogP contribution < -0.4 is 0 Å². The average molecular weight is 225 g/mol. The molecule has 0 aromatic carbocycles. The summed E-state index contributed by atoms with van der Waals surface area (Å²) in [6.07, 6.45) is 4.03. The second kappa shape index (κ2) is 4.95. The molecular weight excluding hydrogens is 206 g/mol. The molecule has 0 aromatic rings. The fraction of sp³-hybridized carbons (Fsp3) is 0.833. The van der Waals surface area contributed by atoms with Crippen LogP contribution in [-0.4, -0.2) is 41.9 Å². The second-order valence-corrected chi connectivity index (χ2v) is 4.74. The molecule has 0 aliphatic carbocycles. The zero-order valence-corrected chi connectivity index (χ0v) is 9.78. The molecule has 0 spiro atoms. The molecule has 2 atom stereocenters. The summed E-state index contributed by atoms with van der Waals surface area (Å²) in [5.41, 5.74) is 0. The molecule has 2 fully saturated rings. The number of Topliss-reactive ketones (excluding diaryl/α,β-unsaturated/α-hetero) is 1. The van der Waals surface area contributed by atoms with Gasteiger partial charge in [0.2, 0.25) is 0 Å². The van der Waals surface area contributed by atoms with Crippen molar-refractivity contribution in [2.45, 2.75) is 51.2 Å².